The summed E-state index contributed by atoms with van der Waals surface area (Å²) in [6.07, 6.45) is 16.9. The Labute approximate surface area is 245 Å². The number of fused-ring (bicyclic) bond motifs is 3. The quantitative estimate of drug-likeness (QED) is 0.111. The minimum atomic E-state index is -2.37. The fraction of sp³-hybridized carbons (Fsp3) is 0.750. The van der Waals surface area contributed by atoms with Crippen molar-refractivity contribution in [2.24, 2.45) is 0 Å². The molecule has 3 heterocycles. The third-order valence-electron chi connectivity index (χ3n) is 9.04. The van der Waals surface area contributed by atoms with E-state index in [1.807, 2.05) is 5.79 Å². The summed E-state index contributed by atoms with van der Waals surface area (Å²) in [6.45, 7) is 14.4. The molecule has 0 bridgehead atoms. The summed E-state index contributed by atoms with van der Waals surface area (Å²) in [5.41, 5.74) is 2.96. The second-order valence-corrected chi connectivity index (χ2v) is 42.4. The number of aromatic amines is 1. The molecule has 37 heavy (non-hydrogen) atoms. The normalized spacial score (nSPS) is 12.9. The summed E-state index contributed by atoms with van der Waals surface area (Å²) in [7, 11) is 0. The second kappa shape index (κ2) is 16.3. The number of hydrogen-bond donors (Lipinski definition) is 1. The van der Waals surface area contributed by atoms with Gasteiger partial charge >= 0.3 is 248 Å². The number of unbranched alkanes of at least 4 members (excludes halogenated alkanes) is 6. The topological polar surface area (TPSA) is 15.8 Å². The summed E-state index contributed by atoms with van der Waals surface area (Å²) >= 11 is -0.213. The molecule has 0 saturated heterocycles. The fourth-order valence-corrected chi connectivity index (χ4v) is 47.2. The zero-order chi connectivity index (χ0) is 26.7. The monoisotopic (exact) mass is 759 g/mol. The number of H-pyrrole nitrogens is 1. The molecule has 0 radical (unpaired) electrons. The zero-order valence-corrected chi connectivity index (χ0v) is 32.5. The van der Waals surface area contributed by atoms with Crippen molar-refractivity contribution in [1.29, 1.82) is 0 Å². The van der Waals surface area contributed by atoms with Crippen LogP contribution in [0, 0.1) is 0 Å². The van der Waals surface area contributed by atoms with E-state index < -0.39 is 36.8 Å². The van der Waals surface area contributed by atoms with Crippen LogP contribution in [0.5, 0.6) is 0 Å². The molecule has 210 valence electrons. The van der Waals surface area contributed by atoms with Crippen LogP contribution in [0.3, 0.4) is 0 Å². The molecule has 0 fully saturated rings. The van der Waals surface area contributed by atoms with Gasteiger partial charge in [-0.1, -0.05) is 0 Å². The molecule has 0 aliphatic heterocycles. The van der Waals surface area contributed by atoms with E-state index in [1.54, 1.807) is 36.0 Å². The molecule has 3 aromatic rings. The van der Waals surface area contributed by atoms with Crippen LogP contribution in [0.4, 0.5) is 0 Å². The van der Waals surface area contributed by atoms with Crippen molar-refractivity contribution in [3.05, 3.63) is 12.1 Å². The molecule has 0 saturated carbocycles. The molecule has 0 spiro atoms. The van der Waals surface area contributed by atoms with Crippen molar-refractivity contribution in [3.63, 3.8) is 0 Å². The van der Waals surface area contributed by atoms with Gasteiger partial charge in [-0.15, -0.1) is 0 Å². The van der Waals surface area contributed by atoms with Gasteiger partial charge < -0.3 is 0 Å². The van der Waals surface area contributed by atoms with Crippen LogP contribution in [-0.4, -0.2) is 41.7 Å². The van der Waals surface area contributed by atoms with Gasteiger partial charge in [0, 0.05) is 0 Å². The van der Waals surface area contributed by atoms with Crippen LogP contribution in [-0.2, 0) is 0 Å². The van der Waals surface area contributed by atoms with Gasteiger partial charge in [-0.3, -0.25) is 0 Å². The SMILES string of the molecule is CCC[CH2][Sn]([CH2]CCC)([CH2]CCC)[c]1cc2[nH]c3c[c]([Sn]([CH2]CCC)([CH2]CCC)[CH2]CCC)sc3c2s1. The first-order valence-electron chi connectivity index (χ1n) is 16.1. The van der Waals surface area contributed by atoms with Crippen molar-refractivity contribution >= 4 is 85.6 Å². The molecule has 0 aliphatic rings. The molecule has 1 N–H and O–H groups in total. The molecular formula is C32H57NS2Sn2. The van der Waals surface area contributed by atoms with Crippen LogP contribution in [0.15, 0.2) is 12.1 Å². The van der Waals surface area contributed by atoms with Gasteiger partial charge in [-0.2, -0.15) is 0 Å². The number of aromatic nitrogens is 1. The number of thiophene rings is 2. The third kappa shape index (κ3) is 7.96. The van der Waals surface area contributed by atoms with Gasteiger partial charge in [0.05, 0.1) is 0 Å². The Hall–Kier alpha value is 0.797. The van der Waals surface area contributed by atoms with E-state index in [0.29, 0.717) is 0 Å². The van der Waals surface area contributed by atoms with Gasteiger partial charge in [-0.05, 0) is 0 Å². The third-order valence-corrected chi connectivity index (χ3v) is 47.9. The predicted molar refractivity (Wildman–Crippen MR) is 181 cm³/mol. The number of nitrogens with one attached hydrogen (secondary N) is 1. The molecule has 0 aromatic carbocycles. The van der Waals surface area contributed by atoms with E-state index in [2.05, 4.69) is 81.3 Å². The van der Waals surface area contributed by atoms with Crippen LogP contribution in [0.25, 0.3) is 20.4 Å². The zero-order valence-electron chi connectivity index (χ0n) is 25.2. The Morgan fingerprint density at radius 1 is 0.486 bits per heavy atom. The van der Waals surface area contributed by atoms with Crippen LogP contribution in [0.2, 0.25) is 26.6 Å². The van der Waals surface area contributed by atoms with Crippen molar-refractivity contribution < 1.29 is 0 Å². The maximum atomic E-state index is 3.99. The van der Waals surface area contributed by atoms with Crippen LogP contribution < -0.4 is 5.79 Å². The molecule has 0 unspecified atom stereocenters. The Bertz CT molecular complexity index is 922. The number of rotatable bonds is 20. The first kappa shape index (κ1) is 32.3. The van der Waals surface area contributed by atoms with Crippen molar-refractivity contribution in [2.45, 2.75) is 145 Å². The maximum absolute atomic E-state index is 3.99. The summed E-state index contributed by atoms with van der Waals surface area (Å²) < 4.78 is 16.6. The van der Waals surface area contributed by atoms with Crippen LogP contribution >= 0.6 is 22.7 Å². The molecule has 5 heteroatoms. The molecule has 0 amide bonds. The summed E-state index contributed by atoms with van der Waals surface area (Å²) in [5, 5.41) is 0. The molecular weight excluding hydrogens is 700 g/mol. The second-order valence-electron chi connectivity index (χ2n) is 12.0. The van der Waals surface area contributed by atoms with Gasteiger partial charge in [-0.25, -0.2) is 0 Å². The number of hydrogen-bond acceptors (Lipinski definition) is 2. The molecule has 1 nitrogen and oxygen atoms in total. The Morgan fingerprint density at radius 3 is 1.00 bits per heavy atom. The van der Waals surface area contributed by atoms with Crippen molar-refractivity contribution in [1.82, 2.24) is 4.98 Å². The average molecular weight is 757 g/mol. The van der Waals surface area contributed by atoms with Crippen molar-refractivity contribution in [3.8, 4) is 0 Å². The first-order valence-corrected chi connectivity index (χ1v) is 32.7. The summed E-state index contributed by atoms with van der Waals surface area (Å²) in [5.74, 6) is 0. The minimum absolute atomic E-state index is 1.36. The van der Waals surface area contributed by atoms with Gasteiger partial charge in [0.15, 0.2) is 0 Å². The first-order chi connectivity index (χ1) is 18.0. The van der Waals surface area contributed by atoms with Crippen LogP contribution in [0.1, 0.15) is 119 Å². The van der Waals surface area contributed by atoms with E-state index in [1.165, 1.54) is 88.1 Å². The average Bonchev–Trinajstić information content (AvgIpc) is 3.60. The van der Waals surface area contributed by atoms with E-state index in [-0.39, 0.29) is 0 Å². The van der Waals surface area contributed by atoms with Crippen molar-refractivity contribution in [2.75, 3.05) is 0 Å². The Kier molecular flexibility index (Phi) is 14.2. The van der Waals surface area contributed by atoms with E-state index >= 15 is 0 Å². The van der Waals surface area contributed by atoms with Gasteiger partial charge in [0.1, 0.15) is 0 Å². The van der Waals surface area contributed by atoms with E-state index in [4.69, 9.17) is 0 Å². The van der Waals surface area contributed by atoms with E-state index in [9.17, 15) is 0 Å². The summed E-state index contributed by atoms with van der Waals surface area (Å²) in [6, 6.07) is 5.37. The Balaban J connectivity index is 2.06. The Morgan fingerprint density at radius 2 is 0.757 bits per heavy atom. The van der Waals surface area contributed by atoms with Gasteiger partial charge in [0.2, 0.25) is 0 Å². The molecule has 3 aromatic heterocycles. The van der Waals surface area contributed by atoms with E-state index in [0.717, 1.165) is 0 Å². The molecule has 0 aliphatic carbocycles. The molecule has 3 rings (SSSR count). The standard InChI is InChI=1S/C8H3NS2.6C4H9.2Sn/c1-3-10-7-5(1)9-6-2-4-11-8(6)7;6*1-3-4-2;;/h1-2,9H;6*1,3-4H2,2H3;;. The van der Waals surface area contributed by atoms with Gasteiger partial charge in [0.25, 0.3) is 0 Å². The predicted octanol–water partition coefficient (Wildman–Crippen LogP) is 11.6. The summed E-state index contributed by atoms with van der Waals surface area (Å²) in [4.78, 5) is 3.99. The fourth-order valence-electron chi connectivity index (χ4n) is 6.55. The molecule has 0 atom stereocenters.